The van der Waals surface area contributed by atoms with Crippen molar-refractivity contribution in [3.63, 3.8) is 0 Å². The van der Waals surface area contributed by atoms with Crippen molar-refractivity contribution in [3.8, 4) is 0 Å². The fourth-order valence-corrected chi connectivity index (χ4v) is 2.43. The van der Waals surface area contributed by atoms with Crippen LogP contribution in [0.1, 0.15) is 25.7 Å². The molecule has 14 heavy (non-hydrogen) atoms. The lowest BCUT2D eigenvalue weighted by Crippen LogP contribution is -2.34. The summed E-state index contributed by atoms with van der Waals surface area (Å²) in [7, 11) is 0. The molecule has 0 aromatic carbocycles. The molecule has 1 N–H and O–H groups in total. The van der Waals surface area contributed by atoms with Gasteiger partial charge >= 0.3 is 0 Å². The van der Waals surface area contributed by atoms with Gasteiger partial charge in [-0.3, -0.25) is 4.90 Å². The van der Waals surface area contributed by atoms with Crippen LogP contribution in [-0.4, -0.2) is 37.6 Å². The summed E-state index contributed by atoms with van der Waals surface area (Å²) < 4.78 is 0. The van der Waals surface area contributed by atoms with Crippen LogP contribution in [-0.2, 0) is 0 Å². The van der Waals surface area contributed by atoms with Gasteiger partial charge in [0.15, 0.2) is 0 Å². The molecule has 1 unspecified atom stereocenters. The summed E-state index contributed by atoms with van der Waals surface area (Å²) in [6, 6.07) is 0. The highest BCUT2D eigenvalue weighted by molar-refractivity contribution is 4.90. The molecule has 2 rings (SSSR count). The summed E-state index contributed by atoms with van der Waals surface area (Å²) in [4.78, 5) is 2.58. The van der Waals surface area contributed by atoms with Gasteiger partial charge in [-0.05, 0) is 51.2 Å². The number of rotatable bonds is 3. The Bertz CT molecular complexity index is 183. The maximum absolute atomic E-state index is 3.49. The second-order valence-electron chi connectivity index (χ2n) is 4.56. The highest BCUT2D eigenvalue weighted by Crippen LogP contribution is 2.15. The fourth-order valence-electron chi connectivity index (χ4n) is 2.43. The van der Waals surface area contributed by atoms with Gasteiger partial charge in [0.05, 0.1) is 0 Å². The third-order valence-corrected chi connectivity index (χ3v) is 3.39. The van der Waals surface area contributed by atoms with Crippen LogP contribution in [0.25, 0.3) is 0 Å². The normalized spacial score (nSPS) is 29.3. The topological polar surface area (TPSA) is 15.3 Å². The summed E-state index contributed by atoms with van der Waals surface area (Å²) in [5.74, 6) is 0.939. The van der Waals surface area contributed by atoms with Gasteiger partial charge in [-0.15, -0.1) is 0 Å². The predicted octanol–water partition coefficient (Wildman–Crippen LogP) is 1.64. The smallest absolute Gasteiger partial charge is 0.0163 e. The average molecular weight is 194 g/mol. The van der Waals surface area contributed by atoms with E-state index in [1.807, 2.05) is 0 Å². The summed E-state index contributed by atoms with van der Waals surface area (Å²) in [5.41, 5.74) is 0. The van der Waals surface area contributed by atoms with Gasteiger partial charge in [0.25, 0.3) is 0 Å². The minimum absolute atomic E-state index is 0.939. The van der Waals surface area contributed by atoms with E-state index in [9.17, 15) is 0 Å². The standard InChI is InChI=1S/C12H22N2/c1-2-8-14(9-3-1)10-6-12-5-4-7-13-11-12/h1-2,12-13H,3-11H2. The zero-order valence-electron chi connectivity index (χ0n) is 9.04. The Labute approximate surface area is 87.4 Å². The van der Waals surface area contributed by atoms with Crippen LogP contribution in [0.15, 0.2) is 12.2 Å². The van der Waals surface area contributed by atoms with Crippen molar-refractivity contribution in [2.24, 2.45) is 5.92 Å². The van der Waals surface area contributed by atoms with Gasteiger partial charge < -0.3 is 5.32 Å². The molecule has 0 spiro atoms. The van der Waals surface area contributed by atoms with Crippen molar-refractivity contribution in [3.05, 3.63) is 12.2 Å². The van der Waals surface area contributed by atoms with Crippen molar-refractivity contribution in [2.75, 3.05) is 32.7 Å². The van der Waals surface area contributed by atoms with Crippen molar-refractivity contribution < 1.29 is 0 Å². The van der Waals surface area contributed by atoms with Gasteiger partial charge in [-0.1, -0.05) is 12.2 Å². The lowest BCUT2D eigenvalue weighted by Gasteiger charge is -2.27. The Morgan fingerprint density at radius 3 is 3.07 bits per heavy atom. The molecule has 2 nitrogen and oxygen atoms in total. The molecule has 2 heterocycles. The number of nitrogens with zero attached hydrogens (tertiary/aromatic N) is 1. The van der Waals surface area contributed by atoms with Gasteiger partial charge in [0.1, 0.15) is 0 Å². The Morgan fingerprint density at radius 1 is 1.36 bits per heavy atom. The maximum Gasteiger partial charge on any atom is 0.0163 e. The number of hydrogen-bond donors (Lipinski definition) is 1. The van der Waals surface area contributed by atoms with Crippen molar-refractivity contribution in [1.82, 2.24) is 10.2 Å². The van der Waals surface area contributed by atoms with E-state index >= 15 is 0 Å². The Balaban J connectivity index is 1.63. The quantitative estimate of drug-likeness (QED) is 0.687. The van der Waals surface area contributed by atoms with Crippen LogP contribution in [0, 0.1) is 5.92 Å². The van der Waals surface area contributed by atoms with E-state index < -0.39 is 0 Å². The monoisotopic (exact) mass is 194 g/mol. The van der Waals surface area contributed by atoms with E-state index in [0.29, 0.717) is 0 Å². The molecule has 0 aliphatic carbocycles. The summed E-state index contributed by atoms with van der Waals surface area (Å²) in [5, 5.41) is 3.49. The zero-order valence-corrected chi connectivity index (χ0v) is 9.04. The third kappa shape index (κ3) is 3.10. The van der Waals surface area contributed by atoms with E-state index in [-0.39, 0.29) is 0 Å². The molecule has 0 amide bonds. The Hall–Kier alpha value is -0.340. The van der Waals surface area contributed by atoms with Gasteiger partial charge in [-0.25, -0.2) is 0 Å². The van der Waals surface area contributed by atoms with Gasteiger partial charge in [0.2, 0.25) is 0 Å². The SMILES string of the molecule is C1=CCN(CCC2CCCNC2)CC1. The molecule has 0 aromatic heterocycles. The molecule has 0 bridgehead atoms. The third-order valence-electron chi connectivity index (χ3n) is 3.39. The minimum Gasteiger partial charge on any atom is -0.316 e. The van der Waals surface area contributed by atoms with E-state index in [1.54, 1.807) is 0 Å². The average Bonchev–Trinajstić information content (AvgIpc) is 2.29. The molecule has 2 heteroatoms. The van der Waals surface area contributed by atoms with E-state index in [1.165, 1.54) is 58.4 Å². The molecule has 1 fully saturated rings. The number of hydrogen-bond acceptors (Lipinski definition) is 2. The van der Waals surface area contributed by atoms with Gasteiger partial charge in [-0.2, -0.15) is 0 Å². The van der Waals surface area contributed by atoms with Crippen LogP contribution in [0.5, 0.6) is 0 Å². The van der Waals surface area contributed by atoms with Crippen LogP contribution in [0.2, 0.25) is 0 Å². The van der Waals surface area contributed by atoms with Crippen LogP contribution < -0.4 is 5.32 Å². The lowest BCUT2D eigenvalue weighted by molar-refractivity contribution is 0.252. The Morgan fingerprint density at radius 2 is 2.36 bits per heavy atom. The molecule has 0 radical (unpaired) electrons. The maximum atomic E-state index is 3.49. The number of nitrogens with one attached hydrogen (secondary N) is 1. The van der Waals surface area contributed by atoms with Crippen LogP contribution in [0.4, 0.5) is 0 Å². The second-order valence-corrected chi connectivity index (χ2v) is 4.56. The molecule has 80 valence electrons. The first-order valence-corrected chi connectivity index (χ1v) is 6.03. The molecule has 0 aromatic rings. The summed E-state index contributed by atoms with van der Waals surface area (Å²) in [6.07, 6.45) is 10.1. The highest BCUT2D eigenvalue weighted by atomic mass is 15.1. The van der Waals surface area contributed by atoms with Crippen molar-refractivity contribution in [2.45, 2.75) is 25.7 Å². The first-order chi connectivity index (χ1) is 6.95. The lowest BCUT2D eigenvalue weighted by atomic mass is 9.96. The molecular weight excluding hydrogens is 172 g/mol. The first kappa shape index (κ1) is 10.2. The van der Waals surface area contributed by atoms with Crippen molar-refractivity contribution >= 4 is 0 Å². The summed E-state index contributed by atoms with van der Waals surface area (Å²) in [6.45, 7) is 6.25. The first-order valence-electron chi connectivity index (χ1n) is 6.03. The predicted molar refractivity (Wildman–Crippen MR) is 60.4 cm³/mol. The minimum atomic E-state index is 0.939. The van der Waals surface area contributed by atoms with Crippen molar-refractivity contribution in [1.29, 1.82) is 0 Å². The zero-order chi connectivity index (χ0) is 9.64. The second kappa shape index (κ2) is 5.52. The molecule has 0 saturated carbocycles. The molecule has 1 atom stereocenters. The van der Waals surface area contributed by atoms with Gasteiger partial charge in [0, 0.05) is 13.1 Å². The molecular formula is C12H22N2. The van der Waals surface area contributed by atoms with E-state index in [0.717, 1.165) is 5.92 Å². The fraction of sp³-hybridized carbons (Fsp3) is 0.833. The molecule has 2 aliphatic heterocycles. The van der Waals surface area contributed by atoms with Crippen LogP contribution >= 0.6 is 0 Å². The molecule has 2 aliphatic rings. The van der Waals surface area contributed by atoms with Crippen LogP contribution in [0.3, 0.4) is 0 Å². The Kier molecular flexibility index (Phi) is 4.02. The summed E-state index contributed by atoms with van der Waals surface area (Å²) >= 11 is 0. The largest absolute Gasteiger partial charge is 0.316 e. The number of piperidine rings is 1. The molecule has 1 saturated heterocycles. The van der Waals surface area contributed by atoms with E-state index in [4.69, 9.17) is 0 Å². The van der Waals surface area contributed by atoms with E-state index in [2.05, 4.69) is 22.4 Å². The highest BCUT2D eigenvalue weighted by Gasteiger charge is 2.14.